The maximum Gasteiger partial charge on any atom is 0.0620 e. The zero-order valence-electron chi connectivity index (χ0n) is 33.8. The van der Waals surface area contributed by atoms with Crippen molar-refractivity contribution in [3.63, 3.8) is 0 Å². The Morgan fingerprint density at radius 3 is 1.24 bits per heavy atom. The first-order valence-corrected chi connectivity index (χ1v) is 21.4. The molecule has 288 valence electrons. The molecule has 0 aliphatic carbocycles. The zero-order chi connectivity index (χ0) is 40.7. The van der Waals surface area contributed by atoms with Gasteiger partial charge in [-0.3, -0.25) is 0 Å². The van der Waals surface area contributed by atoms with E-state index in [-0.39, 0.29) is 0 Å². The fraction of sp³-hybridized carbons (Fsp3) is 0. The van der Waals surface area contributed by atoms with Crippen LogP contribution in [0.4, 0.5) is 17.1 Å². The molecule has 62 heavy (non-hydrogen) atoms. The third-order valence-electron chi connectivity index (χ3n) is 13.1. The third kappa shape index (κ3) is 5.30. The van der Waals surface area contributed by atoms with Gasteiger partial charge in [-0.2, -0.15) is 0 Å². The van der Waals surface area contributed by atoms with Gasteiger partial charge in [0.05, 0.1) is 16.6 Å². The summed E-state index contributed by atoms with van der Waals surface area (Å²) in [5.41, 5.74) is 14.4. The second-order valence-electron chi connectivity index (χ2n) is 16.5. The first kappa shape index (κ1) is 34.6. The number of benzene rings is 11. The Morgan fingerprint density at radius 2 is 0.629 bits per heavy atom. The highest BCUT2D eigenvalue weighted by Crippen LogP contribution is 2.44. The van der Waals surface area contributed by atoms with E-state index in [9.17, 15) is 0 Å². The maximum atomic E-state index is 2.47. The van der Waals surface area contributed by atoms with Crippen molar-refractivity contribution >= 4 is 87.5 Å². The molecular formula is C60H38N2. The highest BCUT2D eigenvalue weighted by molar-refractivity contribution is 6.27. The van der Waals surface area contributed by atoms with E-state index in [0.29, 0.717) is 0 Å². The first-order chi connectivity index (χ1) is 30.7. The number of para-hydroxylation sites is 2. The van der Waals surface area contributed by atoms with E-state index in [0.717, 1.165) is 17.1 Å². The largest absolute Gasteiger partial charge is 0.310 e. The molecule has 13 rings (SSSR count). The lowest BCUT2D eigenvalue weighted by atomic mass is 9.91. The van der Waals surface area contributed by atoms with E-state index >= 15 is 0 Å². The Hall–Kier alpha value is -8.20. The van der Waals surface area contributed by atoms with E-state index in [1.54, 1.807) is 0 Å². The third-order valence-corrected chi connectivity index (χ3v) is 13.1. The van der Waals surface area contributed by atoms with Crippen LogP contribution in [0.15, 0.2) is 231 Å². The van der Waals surface area contributed by atoms with Crippen molar-refractivity contribution in [2.45, 2.75) is 0 Å². The molecule has 0 N–H and O–H groups in total. The summed E-state index contributed by atoms with van der Waals surface area (Å²) < 4.78 is 2.47. The lowest BCUT2D eigenvalue weighted by molar-refractivity contribution is 1.29. The molecule has 13 aromatic rings. The summed E-state index contributed by atoms with van der Waals surface area (Å²) in [7, 11) is 0. The van der Waals surface area contributed by atoms with Crippen LogP contribution in [-0.4, -0.2) is 4.40 Å². The van der Waals surface area contributed by atoms with Crippen LogP contribution in [0.5, 0.6) is 0 Å². The molecule has 0 unspecified atom stereocenters. The molecule has 0 aliphatic heterocycles. The molecule has 0 bridgehead atoms. The van der Waals surface area contributed by atoms with Crippen LogP contribution in [0.25, 0.3) is 104 Å². The van der Waals surface area contributed by atoms with E-state index in [4.69, 9.17) is 0 Å². The lowest BCUT2D eigenvalue weighted by Crippen LogP contribution is -2.10. The standard InChI is InChI=1S/C60H38N2/c1-3-12-39(13-4-1)41-22-28-45(29-23-41)61(46-30-24-42(25-31-46)40-14-5-2-6-15-40)47-32-35-51-50-33-26-43(36-56(50)48-16-7-8-17-49(48)57(51)38-47)44-27-34-53-55-20-11-19-54-52-18-9-10-21-58(52)62(60(54)55)59(53)37-44/h1-38H. The van der Waals surface area contributed by atoms with Gasteiger partial charge in [-0.15, -0.1) is 0 Å². The van der Waals surface area contributed by atoms with Crippen molar-refractivity contribution in [3.8, 4) is 33.4 Å². The highest BCUT2D eigenvalue weighted by atomic mass is 15.1. The molecule has 0 radical (unpaired) electrons. The Labute approximate surface area is 359 Å². The lowest BCUT2D eigenvalue weighted by Gasteiger charge is -2.27. The molecule has 0 atom stereocenters. The molecule has 2 heteroatoms. The van der Waals surface area contributed by atoms with Crippen molar-refractivity contribution in [2.75, 3.05) is 4.90 Å². The monoisotopic (exact) mass is 786 g/mol. The number of nitrogens with zero attached hydrogens (tertiary/aromatic N) is 2. The van der Waals surface area contributed by atoms with Gasteiger partial charge in [-0.05, 0) is 120 Å². The molecule has 0 saturated heterocycles. The molecule has 0 spiro atoms. The van der Waals surface area contributed by atoms with Crippen LogP contribution >= 0.6 is 0 Å². The fourth-order valence-corrected chi connectivity index (χ4v) is 10.2. The van der Waals surface area contributed by atoms with Crippen molar-refractivity contribution < 1.29 is 0 Å². The van der Waals surface area contributed by atoms with Crippen LogP contribution < -0.4 is 4.90 Å². The molecule has 0 saturated carbocycles. The van der Waals surface area contributed by atoms with Gasteiger partial charge < -0.3 is 9.30 Å². The van der Waals surface area contributed by atoms with E-state index in [1.807, 2.05) is 0 Å². The highest BCUT2D eigenvalue weighted by Gasteiger charge is 2.19. The van der Waals surface area contributed by atoms with Gasteiger partial charge in [0.2, 0.25) is 0 Å². The minimum atomic E-state index is 1.11. The molecular weight excluding hydrogens is 749 g/mol. The van der Waals surface area contributed by atoms with Gasteiger partial charge in [0, 0.05) is 38.6 Å². The van der Waals surface area contributed by atoms with Crippen molar-refractivity contribution in [1.29, 1.82) is 0 Å². The molecule has 0 aliphatic rings. The summed E-state index contributed by atoms with van der Waals surface area (Å²) in [6.07, 6.45) is 0. The second-order valence-corrected chi connectivity index (χ2v) is 16.5. The Morgan fingerprint density at radius 1 is 0.226 bits per heavy atom. The van der Waals surface area contributed by atoms with Gasteiger partial charge >= 0.3 is 0 Å². The van der Waals surface area contributed by atoms with Crippen LogP contribution in [0.1, 0.15) is 0 Å². The van der Waals surface area contributed by atoms with Gasteiger partial charge in [-0.25, -0.2) is 0 Å². The molecule has 2 aromatic heterocycles. The van der Waals surface area contributed by atoms with E-state index in [1.165, 1.54) is 104 Å². The maximum absolute atomic E-state index is 2.47. The molecule has 2 nitrogen and oxygen atoms in total. The zero-order valence-corrected chi connectivity index (χ0v) is 33.8. The summed E-state index contributed by atoms with van der Waals surface area (Å²) in [6.45, 7) is 0. The van der Waals surface area contributed by atoms with E-state index < -0.39 is 0 Å². The number of fused-ring (bicyclic) bond motifs is 12. The smallest absolute Gasteiger partial charge is 0.0620 e. The minimum absolute atomic E-state index is 1.11. The summed E-state index contributed by atoms with van der Waals surface area (Å²) in [4.78, 5) is 2.39. The van der Waals surface area contributed by atoms with Crippen LogP contribution in [-0.2, 0) is 0 Å². The summed E-state index contributed by atoms with van der Waals surface area (Å²) >= 11 is 0. The van der Waals surface area contributed by atoms with Gasteiger partial charge in [0.1, 0.15) is 0 Å². The van der Waals surface area contributed by atoms with Crippen LogP contribution in [0.2, 0.25) is 0 Å². The molecule has 11 aromatic carbocycles. The summed E-state index contributed by atoms with van der Waals surface area (Å²) in [6, 6.07) is 84.7. The fourth-order valence-electron chi connectivity index (χ4n) is 10.2. The van der Waals surface area contributed by atoms with Gasteiger partial charge in [0.15, 0.2) is 0 Å². The van der Waals surface area contributed by atoms with Gasteiger partial charge in [0.25, 0.3) is 0 Å². The SMILES string of the molecule is c1ccc(-c2ccc(N(c3ccc(-c4ccccc4)cc3)c3ccc4c5ccc(-c6ccc7c8cccc9c%10ccccc%10n(c7c6)c98)cc5c5ccccc5c4c3)cc2)cc1. The van der Waals surface area contributed by atoms with Crippen molar-refractivity contribution in [2.24, 2.45) is 0 Å². The number of hydrogen-bond acceptors (Lipinski definition) is 1. The number of hydrogen-bond donors (Lipinski definition) is 0. The first-order valence-electron chi connectivity index (χ1n) is 21.4. The average molecular weight is 787 g/mol. The Balaban J connectivity index is 0.962. The number of aromatic nitrogens is 1. The predicted octanol–water partition coefficient (Wildman–Crippen LogP) is 16.8. The van der Waals surface area contributed by atoms with Crippen molar-refractivity contribution in [3.05, 3.63) is 231 Å². The van der Waals surface area contributed by atoms with Crippen LogP contribution in [0, 0.1) is 0 Å². The summed E-state index contributed by atoms with van der Waals surface area (Å²) in [5.74, 6) is 0. The molecule has 0 amide bonds. The minimum Gasteiger partial charge on any atom is -0.310 e. The average Bonchev–Trinajstić information content (AvgIpc) is 3.87. The molecule has 2 heterocycles. The molecule has 0 fully saturated rings. The second kappa shape index (κ2) is 13.7. The van der Waals surface area contributed by atoms with Crippen molar-refractivity contribution in [1.82, 2.24) is 4.40 Å². The summed E-state index contributed by atoms with van der Waals surface area (Å²) in [5, 5.41) is 12.7. The Bertz CT molecular complexity index is 3720. The number of rotatable bonds is 6. The van der Waals surface area contributed by atoms with Crippen LogP contribution in [0.3, 0.4) is 0 Å². The topological polar surface area (TPSA) is 7.65 Å². The van der Waals surface area contributed by atoms with E-state index in [2.05, 4.69) is 240 Å². The van der Waals surface area contributed by atoms with Gasteiger partial charge in [-0.1, -0.05) is 176 Å². The quantitative estimate of drug-likeness (QED) is 0.152. The predicted molar refractivity (Wildman–Crippen MR) is 265 cm³/mol. The Kier molecular flexibility index (Phi) is 7.64. The number of anilines is 3. The normalized spacial score (nSPS) is 11.9.